The Hall–Kier alpha value is -3.23. The molecule has 7 nitrogen and oxygen atoms in total. The summed E-state index contributed by atoms with van der Waals surface area (Å²) >= 11 is 6.10. The summed E-state index contributed by atoms with van der Waals surface area (Å²) in [7, 11) is -3.83. The molecule has 0 aromatic heterocycles. The number of aryl methyl sites for hydroxylation is 1. The summed E-state index contributed by atoms with van der Waals surface area (Å²) in [6, 6.07) is 18.8. The molecule has 0 bridgehead atoms. The minimum absolute atomic E-state index is 0.0515. The highest BCUT2D eigenvalue weighted by atomic mass is 35.5. The van der Waals surface area contributed by atoms with Crippen molar-refractivity contribution in [2.24, 2.45) is 0 Å². The monoisotopic (exact) mass is 485 g/mol. The van der Waals surface area contributed by atoms with Crippen LogP contribution in [-0.4, -0.2) is 45.7 Å². The molecule has 1 saturated heterocycles. The van der Waals surface area contributed by atoms with Crippen LogP contribution in [0.4, 0.5) is 17.1 Å². The number of hydrogen-bond acceptors (Lipinski definition) is 5. The first-order valence-electron chi connectivity index (χ1n) is 10.5. The molecule has 0 aliphatic carbocycles. The maximum atomic E-state index is 12.7. The standard InChI is InChI=1S/C24H24ClN3O4S/c1-17-4-2-7-21(14-17)33(31,32)26-19-8-9-23(22(16-19)24(29)30)28-12-10-27(11-13-28)20-6-3-5-18(25)15-20/h2-9,14-16,26H,10-13H2,1H3,(H,29,30). The van der Waals surface area contributed by atoms with Gasteiger partial charge in [-0.2, -0.15) is 0 Å². The Balaban J connectivity index is 1.53. The summed E-state index contributed by atoms with van der Waals surface area (Å²) in [5, 5.41) is 10.5. The highest BCUT2D eigenvalue weighted by molar-refractivity contribution is 7.92. The van der Waals surface area contributed by atoms with E-state index in [1.54, 1.807) is 24.3 Å². The second kappa shape index (κ2) is 9.33. The van der Waals surface area contributed by atoms with Gasteiger partial charge in [-0.1, -0.05) is 29.8 Å². The van der Waals surface area contributed by atoms with E-state index in [2.05, 4.69) is 9.62 Å². The molecule has 0 unspecified atom stereocenters. The van der Waals surface area contributed by atoms with Crippen molar-refractivity contribution < 1.29 is 18.3 Å². The number of carboxylic acids is 1. The van der Waals surface area contributed by atoms with E-state index in [4.69, 9.17) is 11.6 Å². The molecule has 3 aromatic rings. The second-order valence-corrected chi connectivity index (χ2v) is 10.0. The van der Waals surface area contributed by atoms with Crippen LogP contribution in [0.15, 0.2) is 71.6 Å². The number of nitrogens with one attached hydrogen (secondary N) is 1. The van der Waals surface area contributed by atoms with Crippen molar-refractivity contribution in [2.75, 3.05) is 40.7 Å². The van der Waals surface area contributed by atoms with Crippen LogP contribution in [-0.2, 0) is 10.0 Å². The molecular weight excluding hydrogens is 462 g/mol. The first kappa shape index (κ1) is 22.9. The molecular formula is C24H24ClN3O4S. The van der Waals surface area contributed by atoms with Crippen molar-refractivity contribution in [3.63, 3.8) is 0 Å². The average Bonchev–Trinajstić information content (AvgIpc) is 2.79. The van der Waals surface area contributed by atoms with E-state index in [0.717, 1.165) is 11.3 Å². The molecule has 1 aliphatic rings. The summed E-state index contributed by atoms with van der Waals surface area (Å²) in [6.07, 6.45) is 0. The van der Waals surface area contributed by atoms with Gasteiger partial charge in [0.1, 0.15) is 0 Å². The minimum Gasteiger partial charge on any atom is -0.478 e. The van der Waals surface area contributed by atoms with Crippen LogP contribution >= 0.6 is 11.6 Å². The normalized spacial score (nSPS) is 14.2. The van der Waals surface area contributed by atoms with Crippen molar-refractivity contribution in [1.82, 2.24) is 0 Å². The van der Waals surface area contributed by atoms with Gasteiger partial charge in [-0.25, -0.2) is 13.2 Å². The number of hydrogen-bond donors (Lipinski definition) is 2. The predicted octanol–water partition coefficient (Wildman–Crippen LogP) is 4.47. The molecule has 33 heavy (non-hydrogen) atoms. The van der Waals surface area contributed by atoms with E-state index < -0.39 is 16.0 Å². The smallest absolute Gasteiger partial charge is 0.337 e. The molecule has 0 radical (unpaired) electrons. The number of piperazine rings is 1. The molecule has 0 saturated carbocycles. The summed E-state index contributed by atoms with van der Waals surface area (Å²) in [5.74, 6) is -1.11. The number of sulfonamides is 1. The number of anilines is 3. The van der Waals surface area contributed by atoms with Crippen LogP contribution in [0.1, 0.15) is 15.9 Å². The van der Waals surface area contributed by atoms with Gasteiger partial charge in [-0.3, -0.25) is 4.72 Å². The van der Waals surface area contributed by atoms with Crippen molar-refractivity contribution in [2.45, 2.75) is 11.8 Å². The van der Waals surface area contributed by atoms with Gasteiger partial charge in [-0.15, -0.1) is 0 Å². The first-order chi connectivity index (χ1) is 15.7. The number of rotatable bonds is 6. The maximum absolute atomic E-state index is 12.7. The van der Waals surface area contributed by atoms with Gasteiger partial charge in [0.25, 0.3) is 10.0 Å². The van der Waals surface area contributed by atoms with Crippen LogP contribution in [0.2, 0.25) is 5.02 Å². The van der Waals surface area contributed by atoms with Crippen molar-refractivity contribution in [3.8, 4) is 0 Å². The minimum atomic E-state index is -3.83. The zero-order chi connectivity index (χ0) is 23.6. The number of aromatic carboxylic acids is 1. The van der Waals surface area contributed by atoms with Crippen LogP contribution in [0.5, 0.6) is 0 Å². The van der Waals surface area contributed by atoms with Crippen molar-refractivity contribution in [1.29, 1.82) is 0 Å². The lowest BCUT2D eigenvalue weighted by Gasteiger charge is -2.38. The topological polar surface area (TPSA) is 90.0 Å². The Bertz CT molecular complexity index is 1290. The molecule has 4 rings (SSSR count). The zero-order valence-corrected chi connectivity index (χ0v) is 19.6. The van der Waals surface area contributed by atoms with Crippen LogP contribution in [0.3, 0.4) is 0 Å². The lowest BCUT2D eigenvalue weighted by atomic mass is 10.1. The summed E-state index contributed by atoms with van der Waals surface area (Å²) in [5.41, 5.74) is 2.66. The molecule has 9 heteroatoms. The number of carbonyl (C=O) groups is 1. The van der Waals surface area contributed by atoms with Crippen molar-refractivity contribution in [3.05, 3.63) is 82.9 Å². The number of carboxylic acid groups (broad SMARTS) is 1. The Kier molecular flexibility index (Phi) is 6.49. The SMILES string of the molecule is Cc1cccc(S(=O)(=O)Nc2ccc(N3CCN(c4cccc(Cl)c4)CC3)c(C(=O)O)c2)c1. The summed E-state index contributed by atoms with van der Waals surface area (Å²) in [6.45, 7) is 4.48. The molecule has 0 spiro atoms. The van der Waals surface area contributed by atoms with Gasteiger partial charge < -0.3 is 14.9 Å². The molecule has 1 fully saturated rings. The van der Waals surface area contributed by atoms with Gasteiger partial charge in [0.2, 0.25) is 0 Å². The highest BCUT2D eigenvalue weighted by Gasteiger charge is 2.23. The average molecular weight is 486 g/mol. The van der Waals surface area contributed by atoms with Crippen LogP contribution < -0.4 is 14.5 Å². The molecule has 1 heterocycles. The second-order valence-electron chi connectivity index (χ2n) is 7.91. The third-order valence-corrected chi connectivity index (χ3v) is 7.19. The molecule has 172 valence electrons. The lowest BCUT2D eigenvalue weighted by molar-refractivity contribution is 0.0697. The number of nitrogens with zero attached hydrogens (tertiary/aromatic N) is 2. The van der Waals surface area contributed by atoms with E-state index in [1.807, 2.05) is 42.2 Å². The third kappa shape index (κ3) is 5.23. The third-order valence-electron chi connectivity index (χ3n) is 5.57. The van der Waals surface area contributed by atoms with Gasteiger partial charge in [0, 0.05) is 42.6 Å². The Morgan fingerprint density at radius 2 is 1.64 bits per heavy atom. The molecule has 0 atom stereocenters. The molecule has 2 N–H and O–H groups in total. The fourth-order valence-electron chi connectivity index (χ4n) is 3.92. The predicted molar refractivity (Wildman–Crippen MR) is 131 cm³/mol. The van der Waals surface area contributed by atoms with Gasteiger partial charge >= 0.3 is 5.97 Å². The van der Waals surface area contributed by atoms with E-state index in [9.17, 15) is 18.3 Å². The summed E-state index contributed by atoms with van der Waals surface area (Å²) < 4.78 is 28.0. The Morgan fingerprint density at radius 1 is 0.939 bits per heavy atom. The van der Waals surface area contributed by atoms with E-state index in [-0.39, 0.29) is 16.1 Å². The fraction of sp³-hybridized carbons (Fsp3) is 0.208. The highest BCUT2D eigenvalue weighted by Crippen LogP contribution is 2.28. The van der Waals surface area contributed by atoms with Gasteiger partial charge in [-0.05, 0) is 61.0 Å². The van der Waals surface area contributed by atoms with Crippen molar-refractivity contribution >= 4 is 44.7 Å². The Labute approximate surface area is 198 Å². The van der Waals surface area contributed by atoms with E-state index in [1.165, 1.54) is 12.1 Å². The Morgan fingerprint density at radius 3 is 2.30 bits per heavy atom. The van der Waals surface area contributed by atoms with E-state index >= 15 is 0 Å². The number of benzene rings is 3. The largest absolute Gasteiger partial charge is 0.478 e. The lowest BCUT2D eigenvalue weighted by Crippen LogP contribution is -2.47. The zero-order valence-electron chi connectivity index (χ0n) is 18.0. The van der Waals surface area contributed by atoms with Gasteiger partial charge in [0.15, 0.2) is 0 Å². The molecule has 1 aliphatic heterocycles. The van der Waals surface area contributed by atoms with Gasteiger partial charge in [0.05, 0.1) is 16.1 Å². The fourth-order valence-corrected chi connectivity index (χ4v) is 5.26. The quantitative estimate of drug-likeness (QED) is 0.535. The van der Waals surface area contributed by atoms with Crippen LogP contribution in [0.25, 0.3) is 0 Å². The molecule has 3 aromatic carbocycles. The number of halogens is 1. The molecule has 0 amide bonds. The first-order valence-corrected chi connectivity index (χ1v) is 12.3. The summed E-state index contributed by atoms with van der Waals surface area (Å²) in [4.78, 5) is 16.3. The maximum Gasteiger partial charge on any atom is 0.337 e. The van der Waals surface area contributed by atoms with E-state index in [0.29, 0.717) is 36.9 Å². The van der Waals surface area contributed by atoms with Crippen LogP contribution in [0, 0.1) is 6.92 Å².